The zero-order valence-corrected chi connectivity index (χ0v) is 25.0. The third kappa shape index (κ3) is 9.67. The number of hydrogen-bond donors (Lipinski definition) is 1. The summed E-state index contributed by atoms with van der Waals surface area (Å²) in [4.78, 5) is 55.5. The van der Waals surface area contributed by atoms with E-state index in [4.69, 9.17) is 28.4 Å². The van der Waals surface area contributed by atoms with Crippen molar-refractivity contribution < 1.29 is 47.6 Å². The summed E-state index contributed by atoms with van der Waals surface area (Å²) in [5, 5.41) is 2.64. The number of pyridine rings is 1. The molecule has 0 bridgehead atoms. The van der Waals surface area contributed by atoms with Crippen molar-refractivity contribution in [3.05, 3.63) is 53.9 Å². The number of nitrogens with zero attached hydrogens (tertiary/aromatic N) is 1. The number of carbonyl (C=O) groups is 4. The molecule has 3 unspecified atom stereocenters. The van der Waals surface area contributed by atoms with Crippen molar-refractivity contribution in [2.45, 2.75) is 58.7 Å². The van der Waals surface area contributed by atoms with Crippen LogP contribution in [0.25, 0.3) is 0 Å². The van der Waals surface area contributed by atoms with Gasteiger partial charge in [-0.3, -0.25) is 19.2 Å². The Balaban J connectivity index is 1.73. The normalized spacial score (nSPS) is 20.5. The standard InChI is InChI=1S/C31H40N2O10/c1-5-10-25(34)41-19-42-28-24(38-4)13-14-32-26(28)29(35)33-17-22-18-40-31(37)23(16-21-11-8-7-9-12-21)27(39-15-6-2)20(3)43-30(22)36/h7-9,11-14,20,22-23,27H,5-6,10,15-19H2,1-4H3,(H,33,35)/t20-,22?,23?,27?/m0/s1. The number of cyclic esters (lactones) is 2. The second-order valence-electron chi connectivity index (χ2n) is 10.0. The average molecular weight is 601 g/mol. The first-order valence-electron chi connectivity index (χ1n) is 14.4. The van der Waals surface area contributed by atoms with E-state index in [1.54, 1.807) is 6.92 Å². The average Bonchev–Trinajstić information content (AvgIpc) is 3.04. The molecule has 1 aliphatic heterocycles. The van der Waals surface area contributed by atoms with E-state index < -0.39 is 54.7 Å². The molecule has 1 aliphatic rings. The molecule has 0 spiro atoms. The lowest BCUT2D eigenvalue weighted by atomic mass is 9.91. The number of hydrogen-bond acceptors (Lipinski definition) is 11. The van der Waals surface area contributed by atoms with Crippen LogP contribution in [0.1, 0.15) is 56.1 Å². The molecule has 1 fully saturated rings. The molecule has 234 valence electrons. The van der Waals surface area contributed by atoms with E-state index in [0.29, 0.717) is 25.9 Å². The van der Waals surface area contributed by atoms with Gasteiger partial charge in [-0.25, -0.2) is 4.98 Å². The zero-order valence-electron chi connectivity index (χ0n) is 25.0. The lowest BCUT2D eigenvalue weighted by Gasteiger charge is -2.29. The number of nitrogens with one attached hydrogen (secondary N) is 1. The molecule has 12 heteroatoms. The second kappa shape index (κ2) is 17.1. The van der Waals surface area contributed by atoms with Crippen LogP contribution in [0.3, 0.4) is 0 Å². The Bertz CT molecular complexity index is 1220. The van der Waals surface area contributed by atoms with E-state index in [1.165, 1.54) is 19.4 Å². The third-order valence-corrected chi connectivity index (χ3v) is 6.73. The van der Waals surface area contributed by atoms with Crippen molar-refractivity contribution in [2.24, 2.45) is 11.8 Å². The van der Waals surface area contributed by atoms with Gasteiger partial charge in [0.15, 0.2) is 17.2 Å². The molecule has 4 atom stereocenters. The molecule has 1 saturated heterocycles. The van der Waals surface area contributed by atoms with E-state index in [9.17, 15) is 19.2 Å². The molecule has 0 saturated carbocycles. The van der Waals surface area contributed by atoms with Crippen molar-refractivity contribution in [1.29, 1.82) is 0 Å². The summed E-state index contributed by atoms with van der Waals surface area (Å²) in [7, 11) is 1.39. The van der Waals surface area contributed by atoms with Gasteiger partial charge in [0.25, 0.3) is 5.91 Å². The summed E-state index contributed by atoms with van der Waals surface area (Å²) in [6.45, 7) is 4.87. The summed E-state index contributed by atoms with van der Waals surface area (Å²) < 4.78 is 33.2. The summed E-state index contributed by atoms with van der Waals surface area (Å²) in [6.07, 6.45) is 1.76. The SMILES string of the molecule is CCCOC1C(Cc2ccccc2)C(=O)OCC(CNC(=O)c2nccc(OC)c2OCOC(=O)CCC)C(=O)O[C@H]1C. The van der Waals surface area contributed by atoms with Gasteiger partial charge >= 0.3 is 17.9 Å². The van der Waals surface area contributed by atoms with Crippen molar-refractivity contribution in [3.8, 4) is 11.5 Å². The second-order valence-corrected chi connectivity index (χ2v) is 10.0. The van der Waals surface area contributed by atoms with Crippen molar-refractivity contribution in [1.82, 2.24) is 10.3 Å². The van der Waals surface area contributed by atoms with Crippen molar-refractivity contribution in [3.63, 3.8) is 0 Å². The summed E-state index contributed by atoms with van der Waals surface area (Å²) in [5.74, 6) is -3.86. The number of amides is 1. The minimum absolute atomic E-state index is 0.0384. The van der Waals surface area contributed by atoms with Crippen LogP contribution >= 0.6 is 0 Å². The Morgan fingerprint density at radius 2 is 1.84 bits per heavy atom. The summed E-state index contributed by atoms with van der Waals surface area (Å²) in [6, 6.07) is 11.0. The Labute approximate surface area is 251 Å². The van der Waals surface area contributed by atoms with Crippen molar-refractivity contribution >= 4 is 23.8 Å². The molecule has 3 rings (SSSR count). The van der Waals surface area contributed by atoms with E-state index in [1.807, 2.05) is 44.2 Å². The number of rotatable bonds is 14. The van der Waals surface area contributed by atoms with Gasteiger partial charge in [-0.05, 0) is 31.7 Å². The fourth-order valence-electron chi connectivity index (χ4n) is 4.50. The number of ether oxygens (including phenoxy) is 6. The highest BCUT2D eigenvalue weighted by molar-refractivity contribution is 5.96. The van der Waals surface area contributed by atoms with Crippen LogP contribution in [0.15, 0.2) is 42.6 Å². The van der Waals surface area contributed by atoms with Crippen molar-refractivity contribution in [2.75, 3.05) is 33.7 Å². The molecular formula is C31H40N2O10. The largest absolute Gasteiger partial charge is 0.493 e. The number of aromatic nitrogens is 1. The highest BCUT2D eigenvalue weighted by Crippen LogP contribution is 2.30. The summed E-state index contributed by atoms with van der Waals surface area (Å²) >= 11 is 0. The number of esters is 3. The van der Waals surface area contributed by atoms with Gasteiger partial charge in [-0.15, -0.1) is 0 Å². The van der Waals surface area contributed by atoms with Crippen LogP contribution in [-0.4, -0.2) is 74.7 Å². The zero-order chi connectivity index (χ0) is 31.2. The van der Waals surface area contributed by atoms with Gasteiger partial charge in [0.05, 0.1) is 13.0 Å². The van der Waals surface area contributed by atoms with E-state index in [0.717, 1.165) is 5.56 Å². The van der Waals surface area contributed by atoms with Gasteiger partial charge in [0, 0.05) is 31.8 Å². The van der Waals surface area contributed by atoms with Gasteiger partial charge < -0.3 is 33.7 Å². The molecule has 2 heterocycles. The molecule has 2 aromatic rings. The predicted molar refractivity (Wildman–Crippen MR) is 153 cm³/mol. The highest BCUT2D eigenvalue weighted by atomic mass is 16.7. The Morgan fingerprint density at radius 3 is 2.53 bits per heavy atom. The van der Waals surface area contributed by atoms with Crippen LogP contribution in [0.2, 0.25) is 0 Å². The molecule has 1 amide bonds. The smallest absolute Gasteiger partial charge is 0.314 e. The maximum Gasteiger partial charge on any atom is 0.314 e. The Hall–Kier alpha value is -4.19. The maximum absolute atomic E-state index is 13.3. The van der Waals surface area contributed by atoms with Crippen LogP contribution < -0.4 is 14.8 Å². The molecular weight excluding hydrogens is 560 g/mol. The molecule has 12 nitrogen and oxygen atoms in total. The molecule has 1 aromatic heterocycles. The van der Waals surface area contributed by atoms with Crippen LogP contribution in [0.4, 0.5) is 0 Å². The minimum atomic E-state index is -0.998. The highest BCUT2D eigenvalue weighted by Gasteiger charge is 2.40. The van der Waals surface area contributed by atoms with E-state index in [2.05, 4.69) is 10.3 Å². The monoisotopic (exact) mass is 600 g/mol. The van der Waals surface area contributed by atoms with Gasteiger partial charge in [-0.2, -0.15) is 0 Å². The molecule has 0 aliphatic carbocycles. The molecule has 0 radical (unpaired) electrons. The first kappa shape index (κ1) is 33.3. The fourth-order valence-corrected chi connectivity index (χ4v) is 4.50. The lowest BCUT2D eigenvalue weighted by molar-refractivity contribution is -0.165. The minimum Gasteiger partial charge on any atom is -0.493 e. The third-order valence-electron chi connectivity index (χ3n) is 6.73. The van der Waals surface area contributed by atoms with Crippen LogP contribution in [-0.2, 0) is 39.8 Å². The van der Waals surface area contributed by atoms with Crippen LogP contribution in [0, 0.1) is 11.8 Å². The van der Waals surface area contributed by atoms with E-state index >= 15 is 0 Å². The number of methoxy groups -OCH3 is 1. The van der Waals surface area contributed by atoms with E-state index in [-0.39, 0.29) is 36.8 Å². The van der Waals surface area contributed by atoms with Gasteiger partial charge in [0.2, 0.25) is 6.79 Å². The molecule has 43 heavy (non-hydrogen) atoms. The van der Waals surface area contributed by atoms with Gasteiger partial charge in [0.1, 0.15) is 24.7 Å². The maximum atomic E-state index is 13.3. The predicted octanol–water partition coefficient (Wildman–Crippen LogP) is 3.26. The Kier molecular flexibility index (Phi) is 13.2. The lowest BCUT2D eigenvalue weighted by Crippen LogP contribution is -2.42. The molecule has 1 N–H and O–H groups in total. The number of benzene rings is 1. The fraction of sp³-hybridized carbons (Fsp3) is 0.516. The number of carbonyl (C=O) groups excluding carboxylic acids is 4. The van der Waals surface area contributed by atoms with Gasteiger partial charge in [-0.1, -0.05) is 44.2 Å². The van der Waals surface area contributed by atoms with Crippen LogP contribution in [0.5, 0.6) is 11.5 Å². The summed E-state index contributed by atoms with van der Waals surface area (Å²) in [5.41, 5.74) is 0.767. The first-order valence-corrected chi connectivity index (χ1v) is 14.4. The molecule has 1 aromatic carbocycles. The topological polar surface area (TPSA) is 149 Å². The quantitative estimate of drug-likeness (QED) is 0.193. The first-order chi connectivity index (χ1) is 20.8. The Morgan fingerprint density at radius 1 is 1.07 bits per heavy atom.